The number of aryl methyl sites for hydroxylation is 1. The molecule has 0 radical (unpaired) electrons. The highest BCUT2D eigenvalue weighted by atomic mass is 127. The summed E-state index contributed by atoms with van der Waals surface area (Å²) < 4.78 is 0. The van der Waals surface area contributed by atoms with Crippen molar-refractivity contribution in [1.29, 1.82) is 0 Å². The van der Waals surface area contributed by atoms with Crippen molar-refractivity contribution in [2.24, 2.45) is 4.99 Å². The second-order valence-electron chi connectivity index (χ2n) is 6.73. The monoisotopic (exact) mass is 510 g/mol. The van der Waals surface area contributed by atoms with Crippen LogP contribution in [0.15, 0.2) is 10.5 Å². The third-order valence-electron chi connectivity index (χ3n) is 4.09. The smallest absolute Gasteiger partial charge is 0.263 e. The lowest BCUT2D eigenvalue weighted by molar-refractivity contribution is 0.0957. The molecule has 0 aromatic carbocycles. The highest BCUT2D eigenvalue weighted by Gasteiger charge is 2.12. The number of nitrogens with one attached hydrogen (secondary N) is 3. The lowest BCUT2D eigenvalue weighted by Crippen LogP contribution is -2.43. The minimum atomic E-state index is -0.0720. The normalized spacial score (nSPS) is 11.7. The number of amides is 1. The molecule has 1 rings (SSSR count). The topological polar surface area (TPSA) is 81.7 Å². The molecule has 27 heavy (non-hydrogen) atoms. The molecule has 0 saturated carbocycles. The summed E-state index contributed by atoms with van der Waals surface area (Å²) in [5.41, 5.74) is 2.46. The van der Waals surface area contributed by atoms with Crippen molar-refractivity contribution in [3.8, 4) is 0 Å². The Morgan fingerprint density at radius 2 is 1.74 bits per heavy atom. The van der Waals surface area contributed by atoms with Gasteiger partial charge >= 0.3 is 0 Å². The van der Waals surface area contributed by atoms with Crippen molar-refractivity contribution in [3.05, 3.63) is 16.1 Å². The van der Waals surface area contributed by atoms with Crippen LogP contribution in [0.2, 0.25) is 0 Å². The quantitative estimate of drug-likeness (QED) is 0.195. The van der Waals surface area contributed by atoms with Gasteiger partial charge in [0.15, 0.2) is 5.96 Å². The van der Waals surface area contributed by atoms with Gasteiger partial charge in [0.25, 0.3) is 5.91 Å². The van der Waals surface area contributed by atoms with Crippen LogP contribution >= 0.6 is 35.3 Å². The molecule has 0 bridgehead atoms. The number of nitrogens with zero attached hydrogens (tertiary/aromatic N) is 3. The maximum Gasteiger partial charge on any atom is 0.263 e. The van der Waals surface area contributed by atoms with Crippen LogP contribution < -0.4 is 16.0 Å². The average Bonchev–Trinajstić information content (AvgIpc) is 3.01. The van der Waals surface area contributed by atoms with E-state index >= 15 is 0 Å². The SMILES string of the molecule is CN=C(NCCCN(C(C)C)C(C)C)NCCNC(=O)c1scnc1C.I. The van der Waals surface area contributed by atoms with Crippen molar-refractivity contribution in [2.45, 2.75) is 53.1 Å². The Hall–Kier alpha value is -0.940. The molecule has 1 heterocycles. The minimum Gasteiger partial charge on any atom is -0.356 e. The van der Waals surface area contributed by atoms with Gasteiger partial charge in [0, 0.05) is 45.3 Å². The fourth-order valence-electron chi connectivity index (χ4n) is 2.76. The molecule has 0 spiro atoms. The van der Waals surface area contributed by atoms with Crippen LogP contribution in [0.5, 0.6) is 0 Å². The molecule has 9 heteroatoms. The van der Waals surface area contributed by atoms with E-state index in [9.17, 15) is 4.79 Å². The van der Waals surface area contributed by atoms with E-state index in [0.29, 0.717) is 30.1 Å². The lowest BCUT2D eigenvalue weighted by Gasteiger charge is -2.30. The Morgan fingerprint density at radius 3 is 2.26 bits per heavy atom. The first-order valence-corrected chi connectivity index (χ1v) is 10.1. The van der Waals surface area contributed by atoms with E-state index in [-0.39, 0.29) is 29.9 Å². The molecule has 0 saturated heterocycles. The Labute approximate surface area is 184 Å². The lowest BCUT2D eigenvalue weighted by atomic mass is 10.2. The maximum atomic E-state index is 12.0. The van der Waals surface area contributed by atoms with E-state index in [1.54, 1.807) is 12.6 Å². The number of aliphatic imine (C=N–C) groups is 1. The Bertz CT molecular complexity index is 568. The fraction of sp³-hybridized carbons (Fsp3) is 0.722. The molecule has 0 unspecified atom stereocenters. The van der Waals surface area contributed by atoms with Crippen molar-refractivity contribution < 1.29 is 4.79 Å². The van der Waals surface area contributed by atoms with Crippen LogP contribution in [0.4, 0.5) is 0 Å². The summed E-state index contributed by atoms with van der Waals surface area (Å²) in [7, 11) is 1.75. The van der Waals surface area contributed by atoms with Gasteiger partial charge in [0.2, 0.25) is 0 Å². The van der Waals surface area contributed by atoms with Gasteiger partial charge in [0.05, 0.1) is 11.2 Å². The van der Waals surface area contributed by atoms with Crippen molar-refractivity contribution >= 4 is 47.2 Å². The Balaban J connectivity index is 0.00000676. The molecule has 0 aliphatic rings. The van der Waals surface area contributed by atoms with Gasteiger partial charge in [-0.2, -0.15) is 0 Å². The number of hydrogen-bond donors (Lipinski definition) is 3. The Morgan fingerprint density at radius 1 is 1.15 bits per heavy atom. The second-order valence-corrected chi connectivity index (χ2v) is 7.58. The zero-order valence-corrected chi connectivity index (χ0v) is 20.5. The predicted octanol–water partition coefficient (Wildman–Crippen LogP) is 2.47. The number of hydrogen-bond acceptors (Lipinski definition) is 5. The van der Waals surface area contributed by atoms with Crippen LogP contribution in [-0.2, 0) is 0 Å². The molecule has 3 N–H and O–H groups in total. The molecule has 0 fully saturated rings. The first-order valence-electron chi connectivity index (χ1n) is 9.25. The molecule has 7 nitrogen and oxygen atoms in total. The van der Waals surface area contributed by atoms with Crippen LogP contribution in [0, 0.1) is 6.92 Å². The molecule has 1 aromatic heterocycles. The highest BCUT2D eigenvalue weighted by Crippen LogP contribution is 2.11. The van der Waals surface area contributed by atoms with Gasteiger partial charge < -0.3 is 16.0 Å². The Kier molecular flexibility index (Phi) is 13.6. The number of guanidine groups is 1. The molecule has 1 amide bonds. The third-order valence-corrected chi connectivity index (χ3v) is 5.02. The largest absolute Gasteiger partial charge is 0.356 e. The first kappa shape index (κ1) is 26.1. The average molecular weight is 510 g/mol. The van der Waals surface area contributed by atoms with E-state index in [2.05, 4.69) is 58.5 Å². The molecule has 0 aliphatic heterocycles. The minimum absolute atomic E-state index is 0. The summed E-state index contributed by atoms with van der Waals surface area (Å²) >= 11 is 1.36. The number of thiazole rings is 1. The summed E-state index contributed by atoms with van der Waals surface area (Å²) in [4.78, 5) is 23.5. The van der Waals surface area contributed by atoms with Gasteiger partial charge in [-0.25, -0.2) is 4.98 Å². The van der Waals surface area contributed by atoms with E-state index in [1.165, 1.54) is 11.3 Å². The zero-order chi connectivity index (χ0) is 19.5. The number of aromatic nitrogens is 1. The van der Waals surface area contributed by atoms with Crippen molar-refractivity contribution in [3.63, 3.8) is 0 Å². The summed E-state index contributed by atoms with van der Waals surface area (Å²) in [6, 6.07) is 1.11. The third kappa shape index (κ3) is 9.70. The van der Waals surface area contributed by atoms with Gasteiger partial charge in [0.1, 0.15) is 4.88 Å². The number of rotatable bonds is 10. The summed E-state index contributed by atoms with van der Waals surface area (Å²) in [5.74, 6) is 0.686. The molecule has 156 valence electrons. The van der Waals surface area contributed by atoms with E-state index < -0.39 is 0 Å². The molecule has 0 atom stereocenters. The predicted molar refractivity (Wildman–Crippen MR) is 126 cm³/mol. The summed E-state index contributed by atoms with van der Waals surface area (Å²) in [6.07, 6.45) is 1.05. The summed E-state index contributed by atoms with van der Waals surface area (Å²) in [5, 5.41) is 9.43. The van der Waals surface area contributed by atoms with Crippen molar-refractivity contribution in [1.82, 2.24) is 25.8 Å². The standard InChI is InChI=1S/C18H34N6OS.HI/c1-13(2)24(14(3)4)11-7-8-21-18(19-6)22-10-9-20-17(25)16-15(5)23-12-26-16;/h12-14H,7-11H2,1-6H3,(H,20,25)(H2,19,21,22);1H. The fourth-order valence-corrected chi connectivity index (χ4v) is 3.48. The highest BCUT2D eigenvalue weighted by molar-refractivity contribution is 14.0. The van der Waals surface area contributed by atoms with Crippen LogP contribution in [-0.4, -0.2) is 67.1 Å². The molecule has 0 aliphatic carbocycles. The maximum absolute atomic E-state index is 12.0. The van der Waals surface area contributed by atoms with Crippen molar-refractivity contribution in [2.75, 3.05) is 33.2 Å². The van der Waals surface area contributed by atoms with Crippen LogP contribution in [0.1, 0.15) is 49.5 Å². The summed E-state index contributed by atoms with van der Waals surface area (Å²) in [6.45, 7) is 13.8. The number of carbonyl (C=O) groups excluding carboxylic acids is 1. The van der Waals surface area contributed by atoms with E-state index in [4.69, 9.17) is 0 Å². The number of halogens is 1. The van der Waals surface area contributed by atoms with Crippen LogP contribution in [0.3, 0.4) is 0 Å². The molecular weight excluding hydrogens is 475 g/mol. The van der Waals surface area contributed by atoms with Gasteiger partial charge in [-0.05, 0) is 41.0 Å². The number of carbonyl (C=O) groups is 1. The second kappa shape index (κ2) is 14.1. The molecular formula is C18H35IN6OS. The molecule has 1 aromatic rings. The van der Waals surface area contributed by atoms with E-state index in [0.717, 1.165) is 31.2 Å². The van der Waals surface area contributed by atoms with Crippen LogP contribution in [0.25, 0.3) is 0 Å². The van der Waals surface area contributed by atoms with Gasteiger partial charge in [-0.15, -0.1) is 35.3 Å². The zero-order valence-electron chi connectivity index (χ0n) is 17.3. The first-order chi connectivity index (χ1) is 12.4. The van der Waals surface area contributed by atoms with Gasteiger partial charge in [-0.3, -0.25) is 14.7 Å². The van der Waals surface area contributed by atoms with E-state index in [1.807, 2.05) is 6.92 Å². The van der Waals surface area contributed by atoms with Gasteiger partial charge in [-0.1, -0.05) is 0 Å².